The second-order valence-corrected chi connectivity index (χ2v) is 6.59. The Morgan fingerprint density at radius 2 is 2.11 bits per heavy atom. The molecule has 27 heavy (non-hydrogen) atoms. The standard InChI is InChI=1S/C18H17BrFN5O2/c1-12-22-23-24-25(12)13-8-9-15(20)16(11-13)21-18(26)7-4-10-27-17-6-3-2-5-14(17)19/h2-3,5-6,8-9,11H,4,7,10H2,1H3,(H,21,26). The molecule has 0 bridgehead atoms. The molecule has 0 saturated heterocycles. The Hall–Kier alpha value is -2.81. The highest BCUT2D eigenvalue weighted by atomic mass is 79.9. The van der Waals surface area contributed by atoms with Crippen LogP contribution < -0.4 is 10.1 Å². The second-order valence-electron chi connectivity index (χ2n) is 5.73. The third kappa shape index (κ3) is 4.88. The molecule has 3 aromatic rings. The minimum atomic E-state index is -0.526. The van der Waals surface area contributed by atoms with Gasteiger partial charge in [0.1, 0.15) is 11.6 Å². The lowest BCUT2D eigenvalue weighted by Crippen LogP contribution is -2.14. The van der Waals surface area contributed by atoms with Gasteiger partial charge in [0.15, 0.2) is 5.82 Å². The van der Waals surface area contributed by atoms with Gasteiger partial charge in [-0.2, -0.15) is 4.68 Å². The molecule has 1 heterocycles. The first-order chi connectivity index (χ1) is 13.0. The molecule has 0 aliphatic carbocycles. The van der Waals surface area contributed by atoms with Gasteiger partial charge in [-0.1, -0.05) is 12.1 Å². The van der Waals surface area contributed by atoms with Crippen LogP contribution in [0.25, 0.3) is 5.69 Å². The SMILES string of the molecule is Cc1nnnn1-c1ccc(F)c(NC(=O)CCCOc2ccccc2Br)c1. The van der Waals surface area contributed by atoms with E-state index in [1.54, 1.807) is 13.0 Å². The molecule has 2 aromatic carbocycles. The predicted octanol–water partition coefficient (Wildman–Crippen LogP) is 3.67. The van der Waals surface area contributed by atoms with E-state index in [1.807, 2.05) is 24.3 Å². The van der Waals surface area contributed by atoms with Crippen molar-refractivity contribution in [2.45, 2.75) is 19.8 Å². The van der Waals surface area contributed by atoms with Crippen LogP contribution in [-0.2, 0) is 4.79 Å². The smallest absolute Gasteiger partial charge is 0.224 e. The second kappa shape index (κ2) is 8.72. The van der Waals surface area contributed by atoms with E-state index in [0.717, 1.165) is 4.47 Å². The Balaban J connectivity index is 1.55. The summed E-state index contributed by atoms with van der Waals surface area (Å²) in [6, 6.07) is 11.8. The number of anilines is 1. The van der Waals surface area contributed by atoms with Crippen molar-refractivity contribution in [1.29, 1.82) is 0 Å². The maximum atomic E-state index is 14.0. The van der Waals surface area contributed by atoms with Gasteiger partial charge in [-0.15, -0.1) is 5.10 Å². The van der Waals surface area contributed by atoms with Crippen LogP contribution in [-0.4, -0.2) is 32.7 Å². The zero-order valence-electron chi connectivity index (χ0n) is 14.5. The molecule has 0 unspecified atom stereocenters. The lowest BCUT2D eigenvalue weighted by atomic mass is 10.2. The number of para-hydroxylation sites is 1. The van der Waals surface area contributed by atoms with E-state index in [4.69, 9.17) is 4.74 Å². The molecule has 1 N–H and O–H groups in total. The van der Waals surface area contributed by atoms with Crippen LogP contribution in [0.5, 0.6) is 5.75 Å². The minimum Gasteiger partial charge on any atom is -0.492 e. The number of aromatic nitrogens is 4. The molecule has 3 rings (SSSR count). The van der Waals surface area contributed by atoms with Gasteiger partial charge in [-0.25, -0.2) is 4.39 Å². The fraction of sp³-hybridized carbons (Fsp3) is 0.222. The number of carbonyl (C=O) groups excluding carboxylic acids is 1. The number of rotatable bonds is 7. The molecule has 0 aliphatic heterocycles. The summed E-state index contributed by atoms with van der Waals surface area (Å²) in [6.45, 7) is 2.11. The Bertz CT molecular complexity index is 947. The predicted molar refractivity (Wildman–Crippen MR) is 101 cm³/mol. The van der Waals surface area contributed by atoms with E-state index in [0.29, 0.717) is 30.3 Å². The van der Waals surface area contributed by atoms with Crippen LogP contribution in [0.15, 0.2) is 46.9 Å². The van der Waals surface area contributed by atoms with Crippen LogP contribution in [0.2, 0.25) is 0 Å². The summed E-state index contributed by atoms with van der Waals surface area (Å²) in [4.78, 5) is 12.1. The summed E-state index contributed by atoms with van der Waals surface area (Å²) >= 11 is 3.40. The molecule has 0 fully saturated rings. The van der Waals surface area contributed by atoms with Crippen molar-refractivity contribution in [1.82, 2.24) is 20.2 Å². The number of ether oxygens (including phenoxy) is 1. The molecule has 1 aromatic heterocycles. The maximum absolute atomic E-state index is 14.0. The van der Waals surface area contributed by atoms with Gasteiger partial charge in [0.05, 0.1) is 22.5 Å². The number of aryl methyl sites for hydroxylation is 1. The molecule has 0 radical (unpaired) electrons. The van der Waals surface area contributed by atoms with Crippen LogP contribution in [0, 0.1) is 12.7 Å². The summed E-state index contributed by atoms with van der Waals surface area (Å²) < 4.78 is 21.9. The largest absolute Gasteiger partial charge is 0.492 e. The average molecular weight is 434 g/mol. The summed E-state index contributed by atoms with van der Waals surface area (Å²) in [5.74, 6) is 0.453. The molecule has 0 spiro atoms. The van der Waals surface area contributed by atoms with Crippen molar-refractivity contribution in [3.63, 3.8) is 0 Å². The number of halogens is 2. The van der Waals surface area contributed by atoms with Crippen LogP contribution in [0.3, 0.4) is 0 Å². The topological polar surface area (TPSA) is 81.9 Å². The zero-order chi connectivity index (χ0) is 19.2. The fourth-order valence-electron chi connectivity index (χ4n) is 2.40. The first-order valence-electron chi connectivity index (χ1n) is 8.26. The first-order valence-corrected chi connectivity index (χ1v) is 9.06. The number of benzene rings is 2. The highest BCUT2D eigenvalue weighted by Crippen LogP contribution is 2.24. The van der Waals surface area contributed by atoms with E-state index < -0.39 is 5.82 Å². The number of amides is 1. The third-order valence-electron chi connectivity index (χ3n) is 3.74. The molecule has 9 heteroatoms. The third-order valence-corrected chi connectivity index (χ3v) is 4.39. The molecule has 140 valence electrons. The minimum absolute atomic E-state index is 0.0825. The van der Waals surface area contributed by atoms with Crippen LogP contribution in [0.1, 0.15) is 18.7 Å². The van der Waals surface area contributed by atoms with Gasteiger partial charge >= 0.3 is 0 Å². The van der Waals surface area contributed by atoms with Gasteiger partial charge in [0.2, 0.25) is 5.91 Å². The maximum Gasteiger partial charge on any atom is 0.224 e. The van der Waals surface area contributed by atoms with E-state index in [2.05, 4.69) is 36.8 Å². The fourth-order valence-corrected chi connectivity index (χ4v) is 2.80. The average Bonchev–Trinajstić information content (AvgIpc) is 3.08. The van der Waals surface area contributed by atoms with Gasteiger partial charge in [-0.3, -0.25) is 4.79 Å². The van der Waals surface area contributed by atoms with E-state index in [-0.39, 0.29) is 18.0 Å². The van der Waals surface area contributed by atoms with Crippen molar-refractivity contribution in [3.05, 3.63) is 58.6 Å². The van der Waals surface area contributed by atoms with Gasteiger partial charge in [0.25, 0.3) is 0 Å². The Morgan fingerprint density at radius 3 is 2.85 bits per heavy atom. The van der Waals surface area contributed by atoms with Crippen LogP contribution in [0.4, 0.5) is 10.1 Å². The zero-order valence-corrected chi connectivity index (χ0v) is 16.1. The number of nitrogens with one attached hydrogen (secondary N) is 1. The Morgan fingerprint density at radius 1 is 1.30 bits per heavy atom. The van der Waals surface area contributed by atoms with Crippen molar-refractivity contribution < 1.29 is 13.9 Å². The van der Waals surface area contributed by atoms with Crippen molar-refractivity contribution in [2.24, 2.45) is 0 Å². The monoisotopic (exact) mass is 433 g/mol. The number of carbonyl (C=O) groups is 1. The quantitative estimate of drug-likeness (QED) is 0.574. The Kier molecular flexibility index (Phi) is 6.12. The van der Waals surface area contributed by atoms with E-state index in [1.165, 1.54) is 16.8 Å². The highest BCUT2D eigenvalue weighted by molar-refractivity contribution is 9.10. The number of tetrazole rings is 1. The molecular weight excluding hydrogens is 417 g/mol. The normalized spacial score (nSPS) is 10.6. The van der Waals surface area contributed by atoms with Gasteiger partial charge < -0.3 is 10.1 Å². The van der Waals surface area contributed by atoms with Crippen LogP contribution >= 0.6 is 15.9 Å². The highest BCUT2D eigenvalue weighted by Gasteiger charge is 2.11. The van der Waals surface area contributed by atoms with Crippen molar-refractivity contribution >= 4 is 27.5 Å². The Labute approximate surface area is 163 Å². The lowest BCUT2D eigenvalue weighted by molar-refractivity contribution is -0.116. The molecular formula is C18H17BrFN5O2. The summed E-state index contributed by atoms with van der Waals surface area (Å²) in [7, 11) is 0. The molecule has 0 saturated carbocycles. The van der Waals surface area contributed by atoms with Crippen molar-refractivity contribution in [2.75, 3.05) is 11.9 Å². The van der Waals surface area contributed by atoms with Gasteiger partial charge in [0, 0.05) is 6.42 Å². The van der Waals surface area contributed by atoms with Crippen molar-refractivity contribution in [3.8, 4) is 11.4 Å². The number of hydrogen-bond donors (Lipinski definition) is 1. The summed E-state index contributed by atoms with van der Waals surface area (Å²) in [5.41, 5.74) is 0.644. The van der Waals surface area contributed by atoms with Gasteiger partial charge in [-0.05, 0) is 70.0 Å². The van der Waals surface area contributed by atoms with E-state index >= 15 is 0 Å². The number of nitrogens with zero attached hydrogens (tertiary/aromatic N) is 4. The van der Waals surface area contributed by atoms with E-state index in [9.17, 15) is 9.18 Å². The first kappa shape index (κ1) is 19.0. The molecule has 1 amide bonds. The summed E-state index contributed by atoms with van der Waals surface area (Å²) in [6.07, 6.45) is 0.707. The molecule has 0 atom stereocenters. The molecule has 7 nitrogen and oxygen atoms in total. The summed E-state index contributed by atoms with van der Waals surface area (Å²) in [5, 5.41) is 13.8. The number of hydrogen-bond acceptors (Lipinski definition) is 5. The molecule has 0 aliphatic rings. The lowest BCUT2D eigenvalue weighted by Gasteiger charge is -2.10.